The standard InChI is InChI=1S/C27H25N5OS/c1-20-13-15-23(16-14-20)26-30-31-27(32(26)24-11-7-4-8-12-24)34-19-25(33)29-28-18-21(2)17-22-9-5-3-6-10-22/h3-18H,19H2,1-2H3,(H,29,33). The third kappa shape index (κ3) is 6.08. The molecule has 1 heterocycles. The lowest BCUT2D eigenvalue weighted by Gasteiger charge is -2.10. The number of para-hydroxylation sites is 1. The van der Waals surface area contributed by atoms with E-state index in [1.165, 1.54) is 17.3 Å². The van der Waals surface area contributed by atoms with Gasteiger partial charge in [-0.3, -0.25) is 9.36 Å². The molecule has 0 fully saturated rings. The Morgan fingerprint density at radius 2 is 1.65 bits per heavy atom. The summed E-state index contributed by atoms with van der Waals surface area (Å²) in [6, 6.07) is 28.0. The molecule has 4 aromatic rings. The maximum atomic E-state index is 12.4. The van der Waals surface area contributed by atoms with Crippen LogP contribution in [-0.4, -0.2) is 32.6 Å². The van der Waals surface area contributed by atoms with Gasteiger partial charge in [-0.1, -0.05) is 96.2 Å². The van der Waals surface area contributed by atoms with Crippen molar-refractivity contribution in [1.29, 1.82) is 0 Å². The molecule has 170 valence electrons. The first-order valence-corrected chi connectivity index (χ1v) is 11.8. The number of hydrogen-bond donors (Lipinski definition) is 1. The van der Waals surface area contributed by atoms with Crippen molar-refractivity contribution in [1.82, 2.24) is 20.2 Å². The fourth-order valence-corrected chi connectivity index (χ4v) is 4.03. The number of nitrogens with one attached hydrogen (secondary N) is 1. The molecule has 1 amide bonds. The van der Waals surface area contributed by atoms with Gasteiger partial charge in [0.1, 0.15) is 0 Å². The van der Waals surface area contributed by atoms with Crippen molar-refractivity contribution in [3.8, 4) is 17.1 Å². The number of carbonyl (C=O) groups is 1. The van der Waals surface area contributed by atoms with Crippen LogP contribution in [0.4, 0.5) is 0 Å². The Labute approximate surface area is 203 Å². The molecule has 1 aromatic heterocycles. The van der Waals surface area contributed by atoms with Gasteiger partial charge in [-0.25, -0.2) is 5.43 Å². The largest absolute Gasteiger partial charge is 0.272 e. The number of thioether (sulfide) groups is 1. The summed E-state index contributed by atoms with van der Waals surface area (Å²) in [6.45, 7) is 3.99. The van der Waals surface area contributed by atoms with Crippen molar-refractivity contribution in [3.05, 3.63) is 102 Å². The summed E-state index contributed by atoms with van der Waals surface area (Å²) in [7, 11) is 0. The topological polar surface area (TPSA) is 72.2 Å². The smallest absolute Gasteiger partial charge is 0.250 e. The molecule has 0 aliphatic heterocycles. The number of amides is 1. The average Bonchev–Trinajstić information content (AvgIpc) is 3.28. The van der Waals surface area contributed by atoms with Crippen LogP contribution in [0.3, 0.4) is 0 Å². The normalized spacial score (nSPS) is 11.6. The van der Waals surface area contributed by atoms with Gasteiger partial charge in [0.15, 0.2) is 11.0 Å². The van der Waals surface area contributed by atoms with Crippen LogP contribution in [0, 0.1) is 6.92 Å². The van der Waals surface area contributed by atoms with Crippen LogP contribution in [0.25, 0.3) is 23.2 Å². The molecule has 7 heteroatoms. The van der Waals surface area contributed by atoms with Gasteiger partial charge in [0, 0.05) is 11.3 Å². The van der Waals surface area contributed by atoms with Gasteiger partial charge in [-0.05, 0) is 37.1 Å². The van der Waals surface area contributed by atoms with E-state index in [0.717, 1.165) is 28.2 Å². The highest BCUT2D eigenvalue weighted by Gasteiger charge is 2.17. The van der Waals surface area contributed by atoms with E-state index < -0.39 is 0 Å². The summed E-state index contributed by atoms with van der Waals surface area (Å²) >= 11 is 1.32. The minimum Gasteiger partial charge on any atom is -0.272 e. The van der Waals surface area contributed by atoms with Crippen molar-refractivity contribution >= 4 is 30.0 Å². The third-order valence-corrected chi connectivity index (χ3v) is 5.87. The van der Waals surface area contributed by atoms with Gasteiger partial charge in [0.2, 0.25) is 0 Å². The fourth-order valence-electron chi connectivity index (χ4n) is 3.28. The zero-order chi connectivity index (χ0) is 23.8. The highest BCUT2D eigenvalue weighted by molar-refractivity contribution is 7.99. The van der Waals surface area contributed by atoms with Gasteiger partial charge in [-0.15, -0.1) is 10.2 Å². The SMILES string of the molecule is CC(C=NNC(=O)CSc1nnc(-c2ccc(C)cc2)n1-c1ccccc1)=Cc1ccccc1. The number of benzene rings is 3. The van der Waals surface area contributed by atoms with E-state index >= 15 is 0 Å². The second kappa shape index (κ2) is 11.2. The predicted molar refractivity (Wildman–Crippen MR) is 139 cm³/mol. The molecule has 6 nitrogen and oxygen atoms in total. The molecule has 34 heavy (non-hydrogen) atoms. The molecular formula is C27H25N5OS. The van der Waals surface area contributed by atoms with Crippen molar-refractivity contribution < 1.29 is 4.79 Å². The van der Waals surface area contributed by atoms with Gasteiger partial charge in [-0.2, -0.15) is 5.10 Å². The molecule has 0 spiro atoms. The Bertz CT molecular complexity index is 1300. The van der Waals surface area contributed by atoms with Crippen molar-refractivity contribution in [3.63, 3.8) is 0 Å². The first-order valence-electron chi connectivity index (χ1n) is 10.9. The maximum Gasteiger partial charge on any atom is 0.250 e. The molecule has 0 radical (unpaired) electrons. The highest BCUT2D eigenvalue weighted by Crippen LogP contribution is 2.28. The summed E-state index contributed by atoms with van der Waals surface area (Å²) in [6.07, 6.45) is 3.64. The van der Waals surface area contributed by atoms with E-state index in [2.05, 4.69) is 20.7 Å². The van der Waals surface area contributed by atoms with E-state index in [0.29, 0.717) is 5.16 Å². The molecule has 0 unspecified atom stereocenters. The molecule has 0 saturated carbocycles. The van der Waals surface area contributed by atoms with E-state index in [1.54, 1.807) is 6.21 Å². The Hall–Kier alpha value is -3.97. The number of carbonyl (C=O) groups excluding carboxylic acids is 1. The number of aryl methyl sites for hydroxylation is 1. The second-order valence-electron chi connectivity index (χ2n) is 7.72. The molecule has 1 N–H and O–H groups in total. The lowest BCUT2D eigenvalue weighted by Crippen LogP contribution is -2.20. The first-order chi connectivity index (χ1) is 16.6. The number of aromatic nitrogens is 3. The van der Waals surface area contributed by atoms with Crippen LogP contribution in [-0.2, 0) is 4.79 Å². The summed E-state index contributed by atoms with van der Waals surface area (Å²) in [4.78, 5) is 12.4. The van der Waals surface area contributed by atoms with Crippen LogP contribution in [0.15, 0.2) is 101 Å². The minimum absolute atomic E-state index is 0.164. The Morgan fingerprint density at radius 3 is 2.35 bits per heavy atom. The third-order valence-electron chi connectivity index (χ3n) is 4.94. The molecule has 0 saturated heterocycles. The Balaban J connectivity index is 1.45. The number of hydrazone groups is 1. The van der Waals surface area contributed by atoms with Gasteiger partial charge in [0.05, 0.1) is 12.0 Å². The Morgan fingerprint density at radius 1 is 0.971 bits per heavy atom. The molecule has 0 aliphatic rings. The molecule has 4 rings (SSSR count). The van der Waals surface area contributed by atoms with Crippen molar-refractivity contribution in [2.24, 2.45) is 5.10 Å². The predicted octanol–water partition coefficient (Wildman–Crippen LogP) is 5.54. The summed E-state index contributed by atoms with van der Waals surface area (Å²) in [5.74, 6) is 0.680. The van der Waals surface area contributed by atoms with Crippen LogP contribution < -0.4 is 5.43 Å². The van der Waals surface area contributed by atoms with E-state index in [1.807, 2.05) is 109 Å². The van der Waals surface area contributed by atoms with Crippen molar-refractivity contribution in [2.75, 3.05) is 5.75 Å². The average molecular weight is 468 g/mol. The Kier molecular flexibility index (Phi) is 7.67. The first kappa shape index (κ1) is 23.2. The van der Waals surface area contributed by atoms with Gasteiger partial charge < -0.3 is 0 Å². The van der Waals surface area contributed by atoms with E-state index in [9.17, 15) is 4.79 Å². The second-order valence-corrected chi connectivity index (χ2v) is 8.67. The van der Waals surface area contributed by atoms with Gasteiger partial charge in [0.25, 0.3) is 5.91 Å². The van der Waals surface area contributed by atoms with E-state index in [-0.39, 0.29) is 11.7 Å². The molecule has 0 atom stereocenters. The molecular weight excluding hydrogens is 442 g/mol. The number of allylic oxidation sites excluding steroid dienone is 1. The molecule has 0 bridgehead atoms. The number of hydrogen-bond acceptors (Lipinski definition) is 5. The van der Waals surface area contributed by atoms with Gasteiger partial charge >= 0.3 is 0 Å². The lowest BCUT2D eigenvalue weighted by molar-refractivity contribution is -0.118. The zero-order valence-corrected chi connectivity index (χ0v) is 19.9. The zero-order valence-electron chi connectivity index (χ0n) is 19.1. The number of rotatable bonds is 8. The van der Waals surface area contributed by atoms with Crippen LogP contribution in [0.5, 0.6) is 0 Å². The summed E-state index contributed by atoms with van der Waals surface area (Å²) < 4.78 is 1.97. The lowest BCUT2D eigenvalue weighted by atomic mass is 10.1. The molecule has 3 aromatic carbocycles. The molecule has 0 aliphatic carbocycles. The van der Waals surface area contributed by atoms with Crippen molar-refractivity contribution in [2.45, 2.75) is 19.0 Å². The summed E-state index contributed by atoms with van der Waals surface area (Å²) in [5, 5.41) is 13.5. The van der Waals surface area contributed by atoms with E-state index in [4.69, 9.17) is 0 Å². The fraction of sp³-hybridized carbons (Fsp3) is 0.111. The number of nitrogens with zero attached hydrogens (tertiary/aromatic N) is 4. The van der Waals surface area contributed by atoms with Crippen LogP contribution in [0.1, 0.15) is 18.1 Å². The quantitative estimate of drug-likeness (QED) is 0.210. The summed E-state index contributed by atoms with van der Waals surface area (Å²) in [5.41, 5.74) is 7.68. The highest BCUT2D eigenvalue weighted by atomic mass is 32.2. The van der Waals surface area contributed by atoms with Crippen LogP contribution in [0.2, 0.25) is 0 Å². The van der Waals surface area contributed by atoms with Crippen LogP contribution >= 0.6 is 11.8 Å². The maximum absolute atomic E-state index is 12.4. The monoisotopic (exact) mass is 467 g/mol. The minimum atomic E-state index is -0.215.